The average molecular weight is 258 g/mol. The number of nitrogens with zero attached hydrogens (tertiary/aromatic N) is 2. The molecule has 0 unspecified atom stereocenters. The van der Waals surface area contributed by atoms with Crippen molar-refractivity contribution < 1.29 is 4.79 Å². The van der Waals surface area contributed by atoms with Crippen LogP contribution in [0.3, 0.4) is 0 Å². The lowest BCUT2D eigenvalue weighted by Gasteiger charge is -2.19. The van der Waals surface area contributed by atoms with E-state index in [0.29, 0.717) is 19.5 Å². The van der Waals surface area contributed by atoms with E-state index in [4.69, 9.17) is 5.26 Å². The first-order valence-corrected chi connectivity index (χ1v) is 6.70. The lowest BCUT2D eigenvalue weighted by molar-refractivity contribution is 0.0934. The fourth-order valence-corrected chi connectivity index (χ4v) is 2.11. The van der Waals surface area contributed by atoms with Gasteiger partial charge in [0, 0.05) is 18.5 Å². The van der Waals surface area contributed by atoms with Gasteiger partial charge >= 0.3 is 0 Å². The number of hydrogen-bond donors (Lipinski definition) is 0. The van der Waals surface area contributed by atoms with Gasteiger partial charge in [0.1, 0.15) is 0 Å². The van der Waals surface area contributed by atoms with Crippen LogP contribution in [0.5, 0.6) is 0 Å². The Bertz CT molecular complexity index is 500. The number of benzene rings is 1. The summed E-state index contributed by atoms with van der Waals surface area (Å²) in [5.41, 5.74) is 4.20. The molecule has 0 heterocycles. The van der Waals surface area contributed by atoms with Crippen molar-refractivity contribution in [2.75, 3.05) is 19.6 Å². The van der Waals surface area contributed by atoms with Gasteiger partial charge in [-0.25, -0.2) is 0 Å². The van der Waals surface area contributed by atoms with Crippen LogP contribution in [0, 0.1) is 32.1 Å². The molecular formula is C16H22N2O. The Hall–Kier alpha value is -1.66. The SMILES string of the molecule is CCN(CCC#N)CC(=O)c1cc(C)c(C)cc1C. The van der Waals surface area contributed by atoms with Crippen LogP contribution in [0.1, 0.15) is 40.4 Å². The second-order valence-electron chi connectivity index (χ2n) is 4.95. The maximum Gasteiger partial charge on any atom is 0.177 e. The summed E-state index contributed by atoms with van der Waals surface area (Å²) in [4.78, 5) is 14.4. The van der Waals surface area contributed by atoms with Crippen LogP contribution < -0.4 is 0 Å². The van der Waals surface area contributed by atoms with E-state index in [2.05, 4.69) is 19.1 Å². The van der Waals surface area contributed by atoms with Crippen LogP contribution in [0.15, 0.2) is 12.1 Å². The van der Waals surface area contributed by atoms with Gasteiger partial charge in [-0.3, -0.25) is 9.69 Å². The molecule has 3 nitrogen and oxygen atoms in total. The van der Waals surface area contributed by atoms with Crippen molar-refractivity contribution in [3.05, 3.63) is 34.4 Å². The molecule has 0 aliphatic carbocycles. The largest absolute Gasteiger partial charge is 0.295 e. The van der Waals surface area contributed by atoms with Crippen LogP contribution >= 0.6 is 0 Å². The van der Waals surface area contributed by atoms with Crippen molar-refractivity contribution in [1.29, 1.82) is 5.26 Å². The summed E-state index contributed by atoms with van der Waals surface area (Å²) in [6.45, 7) is 9.91. The van der Waals surface area contributed by atoms with Crippen LogP contribution in [-0.4, -0.2) is 30.3 Å². The van der Waals surface area contributed by atoms with Crippen LogP contribution in [0.4, 0.5) is 0 Å². The first-order chi connectivity index (χ1) is 8.99. The number of aryl methyl sites for hydroxylation is 3. The minimum Gasteiger partial charge on any atom is -0.295 e. The Morgan fingerprint density at radius 1 is 1.21 bits per heavy atom. The molecule has 0 aliphatic rings. The smallest absolute Gasteiger partial charge is 0.177 e. The van der Waals surface area contributed by atoms with Crippen molar-refractivity contribution in [1.82, 2.24) is 4.90 Å². The Labute approximate surface area is 115 Å². The number of ketones is 1. The van der Waals surface area contributed by atoms with Crippen LogP contribution in [0.2, 0.25) is 0 Å². The first-order valence-electron chi connectivity index (χ1n) is 6.70. The third-order valence-corrected chi connectivity index (χ3v) is 3.50. The summed E-state index contributed by atoms with van der Waals surface area (Å²) >= 11 is 0. The summed E-state index contributed by atoms with van der Waals surface area (Å²) in [5.74, 6) is 0.139. The quantitative estimate of drug-likeness (QED) is 0.737. The maximum absolute atomic E-state index is 12.3. The van der Waals surface area contributed by atoms with E-state index < -0.39 is 0 Å². The van der Waals surface area contributed by atoms with Gasteiger partial charge in [-0.1, -0.05) is 13.0 Å². The Morgan fingerprint density at radius 2 is 1.84 bits per heavy atom. The second kappa shape index (κ2) is 7.06. The molecule has 0 aromatic heterocycles. The minimum absolute atomic E-state index is 0.139. The van der Waals surface area contributed by atoms with Gasteiger partial charge in [0.2, 0.25) is 0 Å². The van der Waals surface area contributed by atoms with E-state index in [1.165, 1.54) is 5.56 Å². The molecule has 0 saturated heterocycles. The van der Waals surface area contributed by atoms with Crippen molar-refractivity contribution in [2.45, 2.75) is 34.1 Å². The number of carbonyl (C=O) groups excluding carboxylic acids is 1. The molecule has 0 N–H and O–H groups in total. The monoisotopic (exact) mass is 258 g/mol. The lowest BCUT2D eigenvalue weighted by atomic mass is 9.98. The maximum atomic E-state index is 12.3. The molecule has 3 heteroatoms. The van der Waals surface area contributed by atoms with Gasteiger partial charge in [-0.05, 0) is 50.1 Å². The molecule has 0 atom stereocenters. The van der Waals surface area contributed by atoms with Gasteiger partial charge in [0.15, 0.2) is 5.78 Å². The first kappa shape index (κ1) is 15.4. The third-order valence-electron chi connectivity index (χ3n) is 3.50. The van der Waals surface area contributed by atoms with Crippen molar-refractivity contribution in [3.63, 3.8) is 0 Å². The van der Waals surface area contributed by atoms with Gasteiger partial charge in [0.05, 0.1) is 12.6 Å². The molecule has 1 aromatic rings. The van der Waals surface area contributed by atoms with E-state index in [9.17, 15) is 4.79 Å². The molecule has 1 rings (SSSR count). The Morgan fingerprint density at radius 3 is 2.42 bits per heavy atom. The number of rotatable bonds is 6. The summed E-state index contributed by atoms with van der Waals surface area (Å²) in [7, 11) is 0. The van der Waals surface area contributed by atoms with E-state index in [-0.39, 0.29) is 5.78 Å². The fourth-order valence-electron chi connectivity index (χ4n) is 2.11. The van der Waals surface area contributed by atoms with E-state index in [1.807, 2.05) is 31.7 Å². The fraction of sp³-hybridized carbons (Fsp3) is 0.500. The van der Waals surface area contributed by atoms with Crippen molar-refractivity contribution in [3.8, 4) is 6.07 Å². The second-order valence-corrected chi connectivity index (χ2v) is 4.95. The normalized spacial score (nSPS) is 10.5. The summed E-state index contributed by atoms with van der Waals surface area (Å²) in [6.07, 6.45) is 0.465. The number of likely N-dealkylation sites (N-methyl/N-ethyl adjacent to an activating group) is 1. The third kappa shape index (κ3) is 4.18. The Balaban J connectivity index is 2.83. The highest BCUT2D eigenvalue weighted by Crippen LogP contribution is 2.16. The topological polar surface area (TPSA) is 44.1 Å². The molecule has 0 aliphatic heterocycles. The van der Waals surface area contributed by atoms with Gasteiger partial charge in [0.25, 0.3) is 0 Å². The van der Waals surface area contributed by atoms with Gasteiger partial charge in [-0.15, -0.1) is 0 Å². The molecule has 1 aromatic carbocycles. The summed E-state index contributed by atoms with van der Waals surface area (Å²) in [6, 6.07) is 6.16. The van der Waals surface area contributed by atoms with E-state index in [0.717, 1.165) is 23.2 Å². The lowest BCUT2D eigenvalue weighted by Crippen LogP contribution is -2.31. The van der Waals surface area contributed by atoms with E-state index >= 15 is 0 Å². The molecule has 0 spiro atoms. The van der Waals surface area contributed by atoms with Gasteiger partial charge < -0.3 is 0 Å². The zero-order valence-corrected chi connectivity index (χ0v) is 12.3. The van der Waals surface area contributed by atoms with E-state index in [1.54, 1.807) is 0 Å². The molecule has 0 bridgehead atoms. The van der Waals surface area contributed by atoms with Crippen molar-refractivity contribution in [2.24, 2.45) is 0 Å². The van der Waals surface area contributed by atoms with Crippen LogP contribution in [0.25, 0.3) is 0 Å². The average Bonchev–Trinajstić information content (AvgIpc) is 2.38. The molecule has 0 saturated carbocycles. The number of carbonyl (C=O) groups is 1. The Kier molecular flexibility index (Phi) is 5.72. The predicted molar refractivity (Wildman–Crippen MR) is 77.3 cm³/mol. The predicted octanol–water partition coefficient (Wildman–Crippen LogP) is 3.03. The summed E-state index contributed by atoms with van der Waals surface area (Å²) in [5, 5.41) is 8.61. The zero-order chi connectivity index (χ0) is 14.4. The number of hydrogen-bond acceptors (Lipinski definition) is 3. The number of Topliss-reactive ketones (excluding diaryl/α,β-unsaturated/α-hetero) is 1. The molecule has 19 heavy (non-hydrogen) atoms. The highest BCUT2D eigenvalue weighted by molar-refractivity contribution is 5.99. The molecule has 0 radical (unpaired) electrons. The minimum atomic E-state index is 0.139. The number of nitriles is 1. The highest BCUT2D eigenvalue weighted by atomic mass is 16.1. The van der Waals surface area contributed by atoms with Crippen LogP contribution in [-0.2, 0) is 0 Å². The molecule has 0 amide bonds. The zero-order valence-electron chi connectivity index (χ0n) is 12.3. The summed E-state index contributed by atoms with van der Waals surface area (Å²) < 4.78 is 0. The molecule has 102 valence electrons. The van der Waals surface area contributed by atoms with Gasteiger partial charge in [-0.2, -0.15) is 5.26 Å². The molecule has 0 fully saturated rings. The highest BCUT2D eigenvalue weighted by Gasteiger charge is 2.14. The standard InChI is InChI=1S/C16H22N2O/c1-5-18(8-6-7-17)11-16(19)15-10-13(3)12(2)9-14(15)4/h9-10H,5-6,8,11H2,1-4H3. The molecular weight excluding hydrogens is 236 g/mol. The van der Waals surface area contributed by atoms with Crippen molar-refractivity contribution >= 4 is 5.78 Å².